The number of rotatable bonds is 2. The van der Waals surface area contributed by atoms with Crippen LogP contribution in [0.5, 0.6) is 0 Å². The van der Waals surface area contributed by atoms with E-state index in [2.05, 4.69) is 35.7 Å². The molecule has 1 aromatic carbocycles. The lowest BCUT2D eigenvalue weighted by Crippen LogP contribution is -2.17. The molecule has 1 aliphatic heterocycles. The zero-order chi connectivity index (χ0) is 13.5. The molecule has 4 rings (SSSR count). The van der Waals surface area contributed by atoms with Gasteiger partial charge in [0.2, 0.25) is 0 Å². The van der Waals surface area contributed by atoms with Crippen LogP contribution >= 0.6 is 0 Å². The van der Waals surface area contributed by atoms with Gasteiger partial charge in [-0.1, -0.05) is 18.2 Å². The Bertz CT molecular complexity index is 636. The van der Waals surface area contributed by atoms with Gasteiger partial charge in [0.15, 0.2) is 0 Å². The molecule has 1 atom stereocenters. The molecule has 2 heterocycles. The second-order valence-electron chi connectivity index (χ2n) is 6.05. The van der Waals surface area contributed by atoms with Crippen molar-refractivity contribution in [3.05, 3.63) is 41.2 Å². The second-order valence-corrected chi connectivity index (χ2v) is 6.05. The summed E-state index contributed by atoms with van der Waals surface area (Å²) in [7, 11) is 2.06. The maximum Gasteiger partial charge on any atom is 0.0628 e. The highest BCUT2D eigenvalue weighted by atomic mass is 15.3. The minimum atomic E-state index is 0.464. The molecule has 2 aliphatic rings. The molecule has 1 saturated heterocycles. The third-order valence-corrected chi connectivity index (χ3v) is 4.78. The highest BCUT2D eigenvalue weighted by Crippen LogP contribution is 2.34. The van der Waals surface area contributed by atoms with Crippen molar-refractivity contribution < 1.29 is 0 Å². The summed E-state index contributed by atoms with van der Waals surface area (Å²) in [5.41, 5.74) is 7.07. The van der Waals surface area contributed by atoms with E-state index >= 15 is 0 Å². The van der Waals surface area contributed by atoms with Crippen molar-refractivity contribution in [1.82, 2.24) is 15.1 Å². The molecule has 2 aromatic rings. The Morgan fingerprint density at radius 3 is 2.95 bits per heavy atom. The van der Waals surface area contributed by atoms with Crippen molar-refractivity contribution in [2.24, 2.45) is 7.05 Å². The van der Waals surface area contributed by atoms with Gasteiger partial charge in [-0.3, -0.25) is 4.68 Å². The van der Waals surface area contributed by atoms with Crippen molar-refractivity contribution in [2.45, 2.75) is 38.1 Å². The van der Waals surface area contributed by atoms with Gasteiger partial charge < -0.3 is 5.32 Å². The number of benzene rings is 1. The molecule has 20 heavy (non-hydrogen) atoms. The fraction of sp³-hybridized carbons (Fsp3) is 0.471. The summed E-state index contributed by atoms with van der Waals surface area (Å²) in [5.74, 6) is 0. The first-order chi connectivity index (χ1) is 9.83. The van der Waals surface area contributed by atoms with Gasteiger partial charge in [0.1, 0.15) is 0 Å². The predicted molar refractivity (Wildman–Crippen MR) is 80.6 cm³/mol. The van der Waals surface area contributed by atoms with Crippen LogP contribution in [-0.4, -0.2) is 16.3 Å². The van der Waals surface area contributed by atoms with Gasteiger partial charge in [-0.25, -0.2) is 0 Å². The molecule has 104 valence electrons. The van der Waals surface area contributed by atoms with E-state index < -0.39 is 0 Å². The van der Waals surface area contributed by atoms with Crippen LogP contribution in [0.3, 0.4) is 0 Å². The Morgan fingerprint density at radius 1 is 1.20 bits per heavy atom. The van der Waals surface area contributed by atoms with Crippen molar-refractivity contribution in [3.8, 4) is 11.1 Å². The molecule has 1 fully saturated rings. The van der Waals surface area contributed by atoms with E-state index in [9.17, 15) is 0 Å². The lowest BCUT2D eigenvalue weighted by atomic mass is 9.98. The molecule has 0 radical (unpaired) electrons. The monoisotopic (exact) mass is 267 g/mol. The minimum Gasteiger partial charge on any atom is -0.309 e. The van der Waals surface area contributed by atoms with E-state index in [-0.39, 0.29) is 0 Å². The number of nitrogens with zero attached hydrogens (tertiary/aromatic N) is 2. The fourth-order valence-corrected chi connectivity index (χ4v) is 3.74. The quantitative estimate of drug-likeness (QED) is 0.906. The smallest absolute Gasteiger partial charge is 0.0628 e. The summed E-state index contributed by atoms with van der Waals surface area (Å²) in [6.45, 7) is 1.12. The zero-order valence-corrected chi connectivity index (χ0v) is 12.0. The Hall–Kier alpha value is -1.61. The molecule has 1 aliphatic carbocycles. The third kappa shape index (κ3) is 1.88. The Morgan fingerprint density at radius 2 is 2.10 bits per heavy atom. The zero-order valence-electron chi connectivity index (χ0n) is 12.0. The molecule has 0 amide bonds. The van der Waals surface area contributed by atoms with Gasteiger partial charge in [0.05, 0.1) is 11.9 Å². The van der Waals surface area contributed by atoms with Gasteiger partial charge in [0.25, 0.3) is 0 Å². The van der Waals surface area contributed by atoms with Crippen molar-refractivity contribution in [3.63, 3.8) is 0 Å². The lowest BCUT2D eigenvalue weighted by molar-refractivity contribution is 0.575. The van der Waals surface area contributed by atoms with Gasteiger partial charge in [-0.05, 0) is 55.3 Å². The van der Waals surface area contributed by atoms with Gasteiger partial charge in [-0.15, -0.1) is 0 Å². The van der Waals surface area contributed by atoms with Gasteiger partial charge in [-0.2, -0.15) is 5.10 Å². The Labute approximate surface area is 120 Å². The summed E-state index contributed by atoms with van der Waals surface area (Å²) in [5, 5.41) is 8.11. The van der Waals surface area contributed by atoms with Crippen molar-refractivity contribution in [2.75, 3.05) is 6.54 Å². The molecular formula is C17H21N3. The summed E-state index contributed by atoms with van der Waals surface area (Å²) in [6.07, 6.45) is 8.31. The molecule has 3 heteroatoms. The Kier molecular flexibility index (Phi) is 2.88. The van der Waals surface area contributed by atoms with E-state index in [1.165, 1.54) is 60.1 Å². The van der Waals surface area contributed by atoms with Crippen LogP contribution in [0, 0.1) is 0 Å². The maximum absolute atomic E-state index is 4.51. The van der Waals surface area contributed by atoms with Crippen LogP contribution < -0.4 is 5.32 Å². The number of hydrogen-bond acceptors (Lipinski definition) is 2. The molecule has 1 unspecified atom stereocenters. The van der Waals surface area contributed by atoms with Crippen molar-refractivity contribution >= 4 is 0 Å². The molecule has 3 nitrogen and oxygen atoms in total. The van der Waals surface area contributed by atoms with Crippen LogP contribution in [0.2, 0.25) is 0 Å². The van der Waals surface area contributed by atoms with E-state index in [4.69, 9.17) is 0 Å². The average molecular weight is 267 g/mol. The maximum atomic E-state index is 4.51. The topological polar surface area (TPSA) is 29.9 Å². The molecule has 0 saturated carbocycles. The van der Waals surface area contributed by atoms with Crippen LogP contribution in [0.1, 0.15) is 42.1 Å². The predicted octanol–water partition coefficient (Wildman–Crippen LogP) is 3.00. The lowest BCUT2D eigenvalue weighted by Gasteiger charge is -2.14. The average Bonchev–Trinajstić information content (AvgIpc) is 3.17. The van der Waals surface area contributed by atoms with Gasteiger partial charge >= 0.3 is 0 Å². The van der Waals surface area contributed by atoms with E-state index in [0.29, 0.717) is 6.04 Å². The molecular weight excluding hydrogens is 246 g/mol. The van der Waals surface area contributed by atoms with Crippen LogP contribution in [0.25, 0.3) is 11.1 Å². The summed E-state index contributed by atoms with van der Waals surface area (Å²) < 4.78 is 2.05. The Balaban J connectivity index is 1.78. The van der Waals surface area contributed by atoms with Gasteiger partial charge in [0, 0.05) is 18.7 Å². The van der Waals surface area contributed by atoms with E-state index in [0.717, 1.165) is 6.54 Å². The van der Waals surface area contributed by atoms with E-state index in [1.807, 2.05) is 10.9 Å². The number of aromatic nitrogens is 2. The minimum absolute atomic E-state index is 0.464. The molecule has 1 aromatic heterocycles. The third-order valence-electron chi connectivity index (χ3n) is 4.78. The largest absolute Gasteiger partial charge is 0.309 e. The number of fused-ring (bicyclic) bond motifs is 1. The molecule has 1 N–H and O–H groups in total. The summed E-state index contributed by atoms with van der Waals surface area (Å²) in [6, 6.07) is 7.44. The van der Waals surface area contributed by atoms with Crippen molar-refractivity contribution in [1.29, 1.82) is 0 Å². The number of nitrogens with one attached hydrogen (secondary N) is 1. The highest BCUT2D eigenvalue weighted by Gasteiger charge is 2.24. The first-order valence-electron chi connectivity index (χ1n) is 7.70. The SMILES string of the molecule is Cn1ncc(-c2ccc3c(c2)CCC3)c1C1CCCN1. The van der Waals surface area contributed by atoms with Crippen LogP contribution in [-0.2, 0) is 19.9 Å². The summed E-state index contributed by atoms with van der Waals surface area (Å²) >= 11 is 0. The standard InChI is InChI=1S/C17H21N3/c1-20-17(16-6-3-9-18-16)15(11-19-20)14-8-7-12-4-2-5-13(12)10-14/h7-8,10-11,16,18H,2-6,9H2,1H3. The first-order valence-corrected chi connectivity index (χ1v) is 7.70. The number of hydrogen-bond donors (Lipinski definition) is 1. The highest BCUT2D eigenvalue weighted by molar-refractivity contribution is 5.68. The molecule has 0 bridgehead atoms. The second kappa shape index (κ2) is 4.74. The number of aryl methyl sites for hydroxylation is 3. The first kappa shape index (κ1) is 12.2. The summed E-state index contributed by atoms with van der Waals surface area (Å²) in [4.78, 5) is 0. The normalized spacial score (nSPS) is 21.4. The fourth-order valence-electron chi connectivity index (χ4n) is 3.74. The van der Waals surface area contributed by atoms with E-state index in [1.54, 1.807) is 0 Å². The van der Waals surface area contributed by atoms with Crippen LogP contribution in [0.15, 0.2) is 24.4 Å². The van der Waals surface area contributed by atoms with Crippen LogP contribution in [0.4, 0.5) is 0 Å². The molecule has 0 spiro atoms.